The van der Waals surface area contributed by atoms with Gasteiger partial charge in [0.05, 0.1) is 0 Å². The third-order valence-electron chi connectivity index (χ3n) is 4.95. The van der Waals surface area contributed by atoms with Crippen LogP contribution < -0.4 is 4.90 Å². The summed E-state index contributed by atoms with van der Waals surface area (Å²) in [6.45, 7) is 5.05. The predicted molar refractivity (Wildman–Crippen MR) is 116 cm³/mol. The van der Waals surface area contributed by atoms with Gasteiger partial charge in [0.2, 0.25) is 0 Å². The Balaban J connectivity index is 1.75. The van der Waals surface area contributed by atoms with Gasteiger partial charge in [-0.3, -0.25) is 4.90 Å². The highest BCUT2D eigenvalue weighted by atomic mass is 15.1. The van der Waals surface area contributed by atoms with Crippen LogP contribution in [0, 0.1) is 0 Å². The smallest absolute Gasteiger partial charge is 0.0361 e. The van der Waals surface area contributed by atoms with Crippen molar-refractivity contribution in [2.75, 3.05) is 19.0 Å². The molecule has 3 aromatic rings. The molecule has 3 aromatic carbocycles. The monoisotopic (exact) mass is 358 g/mol. The van der Waals surface area contributed by atoms with Crippen LogP contribution >= 0.6 is 0 Å². The molecule has 0 aliphatic carbocycles. The Morgan fingerprint density at radius 2 is 1.00 bits per heavy atom. The van der Waals surface area contributed by atoms with Gasteiger partial charge in [-0.2, -0.15) is 0 Å². The van der Waals surface area contributed by atoms with Gasteiger partial charge in [0.15, 0.2) is 0 Å². The van der Waals surface area contributed by atoms with Crippen molar-refractivity contribution >= 4 is 5.69 Å². The van der Waals surface area contributed by atoms with Gasteiger partial charge >= 0.3 is 0 Å². The minimum Gasteiger partial charge on any atom is -0.378 e. The molecule has 0 saturated heterocycles. The van der Waals surface area contributed by atoms with Crippen LogP contribution in [-0.4, -0.2) is 19.0 Å². The molecule has 0 bridgehead atoms. The Morgan fingerprint density at radius 3 is 1.48 bits per heavy atom. The summed E-state index contributed by atoms with van der Waals surface area (Å²) < 4.78 is 0. The van der Waals surface area contributed by atoms with Gasteiger partial charge in [-0.25, -0.2) is 0 Å². The van der Waals surface area contributed by atoms with Crippen LogP contribution in [0.2, 0.25) is 0 Å². The lowest BCUT2D eigenvalue weighted by molar-refractivity contribution is 0.247. The predicted octanol–water partition coefficient (Wildman–Crippen LogP) is 5.52. The third-order valence-corrected chi connectivity index (χ3v) is 4.95. The SMILES string of the molecule is CCc1ccc(CN(Cc2ccccc2)Cc2ccc(N(C)C)cc2)cc1. The maximum absolute atomic E-state index is 2.51. The van der Waals surface area contributed by atoms with Gasteiger partial charge in [-0.15, -0.1) is 0 Å². The van der Waals surface area contributed by atoms with Crippen molar-refractivity contribution in [1.82, 2.24) is 4.90 Å². The molecule has 0 atom stereocenters. The first-order valence-electron chi connectivity index (χ1n) is 9.74. The first-order chi connectivity index (χ1) is 13.1. The summed E-state index contributed by atoms with van der Waals surface area (Å²) in [6.07, 6.45) is 1.09. The minimum absolute atomic E-state index is 0.943. The number of hydrogen-bond donors (Lipinski definition) is 0. The normalized spacial score (nSPS) is 11.0. The van der Waals surface area contributed by atoms with E-state index >= 15 is 0 Å². The largest absolute Gasteiger partial charge is 0.378 e. The Labute approximate surface area is 164 Å². The van der Waals surface area contributed by atoms with Crippen molar-refractivity contribution in [2.24, 2.45) is 0 Å². The fraction of sp³-hybridized carbons (Fsp3) is 0.280. The molecule has 0 N–H and O–H groups in total. The average Bonchev–Trinajstić information content (AvgIpc) is 2.70. The molecule has 140 valence electrons. The Bertz CT molecular complexity index is 805. The number of aryl methyl sites for hydroxylation is 1. The van der Waals surface area contributed by atoms with Gasteiger partial charge in [-0.1, -0.05) is 73.7 Å². The van der Waals surface area contributed by atoms with E-state index in [1.807, 2.05) is 0 Å². The quantitative estimate of drug-likeness (QED) is 0.523. The molecule has 0 unspecified atom stereocenters. The first kappa shape index (κ1) is 19.2. The van der Waals surface area contributed by atoms with Crippen molar-refractivity contribution in [3.63, 3.8) is 0 Å². The Hall–Kier alpha value is -2.58. The zero-order valence-corrected chi connectivity index (χ0v) is 16.7. The van der Waals surface area contributed by atoms with Gasteiger partial charge < -0.3 is 4.90 Å². The molecule has 0 amide bonds. The maximum atomic E-state index is 2.51. The Kier molecular flexibility index (Phi) is 6.67. The highest BCUT2D eigenvalue weighted by Crippen LogP contribution is 2.17. The maximum Gasteiger partial charge on any atom is 0.0361 e. The molecule has 0 radical (unpaired) electrons. The minimum atomic E-state index is 0.943. The van der Waals surface area contributed by atoms with Crippen molar-refractivity contribution < 1.29 is 0 Å². The molecular formula is C25H30N2. The van der Waals surface area contributed by atoms with Gasteiger partial charge in [-0.05, 0) is 40.8 Å². The number of anilines is 1. The molecule has 0 aliphatic rings. The third kappa shape index (κ3) is 5.70. The summed E-state index contributed by atoms with van der Waals surface area (Å²) in [5, 5.41) is 0. The van der Waals surface area contributed by atoms with E-state index in [0.717, 1.165) is 26.1 Å². The summed E-state index contributed by atoms with van der Waals surface area (Å²) in [5.74, 6) is 0. The molecule has 0 fully saturated rings. The van der Waals surface area contributed by atoms with E-state index in [0.29, 0.717) is 0 Å². The highest BCUT2D eigenvalue weighted by Gasteiger charge is 2.09. The summed E-state index contributed by atoms with van der Waals surface area (Å²) in [6, 6.07) is 28.7. The molecule has 0 saturated carbocycles. The van der Waals surface area contributed by atoms with Crippen molar-refractivity contribution in [3.8, 4) is 0 Å². The van der Waals surface area contributed by atoms with Crippen LogP contribution in [0.1, 0.15) is 29.2 Å². The number of hydrogen-bond acceptors (Lipinski definition) is 2. The second kappa shape index (κ2) is 9.38. The number of benzene rings is 3. The van der Waals surface area contributed by atoms with Gasteiger partial charge in [0.25, 0.3) is 0 Å². The van der Waals surface area contributed by atoms with E-state index in [2.05, 4.69) is 110 Å². The van der Waals surface area contributed by atoms with E-state index in [-0.39, 0.29) is 0 Å². The summed E-state index contributed by atoms with van der Waals surface area (Å²) >= 11 is 0. The standard InChI is InChI=1S/C25H30N2/c1-4-21-10-12-23(13-11-21)19-27(18-22-8-6-5-7-9-22)20-24-14-16-25(17-15-24)26(2)3/h5-17H,4,18-20H2,1-3H3. The topological polar surface area (TPSA) is 6.48 Å². The van der Waals surface area contributed by atoms with Crippen LogP contribution in [0.3, 0.4) is 0 Å². The molecule has 2 heteroatoms. The average molecular weight is 359 g/mol. The van der Waals surface area contributed by atoms with Crippen molar-refractivity contribution in [3.05, 3.63) is 101 Å². The summed E-state index contributed by atoms with van der Waals surface area (Å²) in [4.78, 5) is 4.65. The van der Waals surface area contributed by atoms with Crippen LogP contribution in [0.15, 0.2) is 78.9 Å². The lowest BCUT2D eigenvalue weighted by atomic mass is 10.1. The molecule has 0 spiro atoms. The van der Waals surface area contributed by atoms with Crippen molar-refractivity contribution in [2.45, 2.75) is 33.0 Å². The van der Waals surface area contributed by atoms with Crippen molar-refractivity contribution in [1.29, 1.82) is 0 Å². The van der Waals surface area contributed by atoms with Crippen LogP contribution in [-0.2, 0) is 26.1 Å². The summed E-state index contributed by atoms with van der Waals surface area (Å²) in [7, 11) is 4.16. The lowest BCUT2D eigenvalue weighted by Crippen LogP contribution is -2.22. The summed E-state index contributed by atoms with van der Waals surface area (Å²) in [5.41, 5.74) is 6.71. The van der Waals surface area contributed by atoms with Gasteiger partial charge in [0.1, 0.15) is 0 Å². The van der Waals surface area contributed by atoms with Crippen LogP contribution in [0.5, 0.6) is 0 Å². The molecule has 2 nitrogen and oxygen atoms in total. The molecule has 0 heterocycles. The zero-order chi connectivity index (χ0) is 19.1. The van der Waals surface area contributed by atoms with Gasteiger partial charge in [0, 0.05) is 39.4 Å². The fourth-order valence-corrected chi connectivity index (χ4v) is 3.31. The van der Waals surface area contributed by atoms with E-state index in [1.54, 1.807) is 0 Å². The van der Waals surface area contributed by atoms with E-state index in [9.17, 15) is 0 Å². The zero-order valence-electron chi connectivity index (χ0n) is 16.7. The fourth-order valence-electron chi connectivity index (χ4n) is 3.31. The number of nitrogens with zero attached hydrogens (tertiary/aromatic N) is 2. The first-order valence-corrected chi connectivity index (χ1v) is 9.74. The van der Waals surface area contributed by atoms with E-state index in [1.165, 1.54) is 27.9 Å². The Morgan fingerprint density at radius 1 is 0.556 bits per heavy atom. The second-order valence-corrected chi connectivity index (χ2v) is 7.36. The van der Waals surface area contributed by atoms with E-state index in [4.69, 9.17) is 0 Å². The molecular weight excluding hydrogens is 328 g/mol. The molecule has 0 aromatic heterocycles. The van der Waals surface area contributed by atoms with E-state index < -0.39 is 0 Å². The molecule has 0 aliphatic heterocycles. The molecule has 3 rings (SSSR count). The highest BCUT2D eigenvalue weighted by molar-refractivity contribution is 5.46. The lowest BCUT2D eigenvalue weighted by Gasteiger charge is -2.23. The number of rotatable bonds is 8. The second-order valence-electron chi connectivity index (χ2n) is 7.36. The van der Waals surface area contributed by atoms with Crippen LogP contribution in [0.4, 0.5) is 5.69 Å². The molecule has 27 heavy (non-hydrogen) atoms. The van der Waals surface area contributed by atoms with Crippen LogP contribution in [0.25, 0.3) is 0 Å².